The lowest BCUT2D eigenvalue weighted by Gasteiger charge is -2.06. The molecule has 0 spiro atoms. The minimum atomic E-state index is -0.844. The fourth-order valence-corrected chi connectivity index (χ4v) is 1.79. The Kier molecular flexibility index (Phi) is 6.72. The van der Waals surface area contributed by atoms with Crippen molar-refractivity contribution in [3.8, 4) is 5.75 Å². The van der Waals surface area contributed by atoms with E-state index in [0.717, 1.165) is 6.08 Å². The normalized spacial score (nSPS) is 10.5. The second kappa shape index (κ2) is 8.29. The number of ether oxygens (including phenoxy) is 2. The van der Waals surface area contributed by atoms with Crippen LogP contribution in [0.15, 0.2) is 18.2 Å². The van der Waals surface area contributed by atoms with Crippen LogP contribution < -0.4 is 4.74 Å². The summed E-state index contributed by atoms with van der Waals surface area (Å²) in [5.41, 5.74) is -0.345. The number of carbonyl (C=O) groups excluding carboxylic acids is 2. The highest BCUT2D eigenvalue weighted by molar-refractivity contribution is 6.39. The first kappa shape index (κ1) is 17.8. The third-order valence-electron chi connectivity index (χ3n) is 2.60. The molecule has 1 aromatic carbocycles. The lowest BCUT2D eigenvalue weighted by atomic mass is 10.1. The van der Waals surface area contributed by atoms with Crippen LogP contribution >= 0.6 is 11.6 Å². The lowest BCUT2D eigenvalue weighted by Crippen LogP contribution is -2.19. The van der Waals surface area contributed by atoms with Gasteiger partial charge in [-0.25, -0.2) is 9.18 Å². The van der Waals surface area contributed by atoms with Crippen molar-refractivity contribution >= 4 is 35.1 Å². The highest BCUT2D eigenvalue weighted by Gasteiger charge is 2.14. The second-order valence-electron chi connectivity index (χ2n) is 4.16. The van der Waals surface area contributed by atoms with Gasteiger partial charge >= 0.3 is 5.97 Å². The van der Waals surface area contributed by atoms with Gasteiger partial charge in [0.2, 0.25) is 0 Å². The Morgan fingerprint density at radius 3 is 2.68 bits per heavy atom. The molecule has 0 saturated heterocycles. The number of carbonyl (C=O) groups is 2. The van der Waals surface area contributed by atoms with Crippen LogP contribution in [0.25, 0.3) is 6.08 Å². The fraction of sp³-hybridized carbons (Fsp3) is 0.267. The molecule has 0 amide bonds. The summed E-state index contributed by atoms with van der Waals surface area (Å²) in [6, 6.07) is 2.83. The predicted octanol–water partition coefficient (Wildman–Crippen LogP) is 3.04. The number of methoxy groups -OCH3 is 1. The number of rotatable bonds is 7. The molecule has 0 atom stereocenters. The Morgan fingerprint density at radius 1 is 1.41 bits per heavy atom. The molecule has 0 bridgehead atoms. The van der Waals surface area contributed by atoms with Gasteiger partial charge in [-0.1, -0.05) is 17.7 Å². The molecule has 22 heavy (non-hydrogen) atoms. The number of benzene rings is 1. The van der Waals surface area contributed by atoms with Gasteiger partial charge in [0.05, 0.1) is 25.2 Å². The molecule has 1 N–H and O–H groups in total. The Labute approximate surface area is 132 Å². The molecule has 0 saturated carbocycles. The summed E-state index contributed by atoms with van der Waals surface area (Å²) in [6.45, 7) is 1.73. The molecule has 0 fully saturated rings. The molecule has 1 aromatic rings. The zero-order valence-corrected chi connectivity index (χ0v) is 12.9. The van der Waals surface area contributed by atoms with E-state index in [9.17, 15) is 14.0 Å². The van der Waals surface area contributed by atoms with Crippen LogP contribution in [0.1, 0.15) is 18.9 Å². The summed E-state index contributed by atoms with van der Waals surface area (Å²) in [4.78, 5) is 22.9. The molecule has 0 aliphatic heterocycles. The zero-order chi connectivity index (χ0) is 16.7. The quantitative estimate of drug-likeness (QED) is 0.474. The van der Waals surface area contributed by atoms with E-state index in [1.54, 1.807) is 6.92 Å². The standard InChI is InChI=1S/C15H15ClFNO4/c1-3-22-15(20)12(18)8-10(19)6-4-9-5-7-11(16)14(21-2)13(9)17/h4-7,18H,3,8H2,1-2H3. The van der Waals surface area contributed by atoms with Crippen molar-refractivity contribution in [2.45, 2.75) is 13.3 Å². The van der Waals surface area contributed by atoms with Crippen LogP contribution in [-0.4, -0.2) is 31.2 Å². The van der Waals surface area contributed by atoms with Crippen molar-refractivity contribution in [1.82, 2.24) is 0 Å². The maximum absolute atomic E-state index is 14.0. The number of allylic oxidation sites excluding steroid dienone is 1. The summed E-state index contributed by atoms with van der Waals surface area (Å²) in [5.74, 6) is -2.18. The minimum absolute atomic E-state index is 0.109. The minimum Gasteiger partial charge on any atom is -0.492 e. The number of hydrogen-bond acceptors (Lipinski definition) is 5. The van der Waals surface area contributed by atoms with E-state index < -0.39 is 29.7 Å². The lowest BCUT2D eigenvalue weighted by molar-refractivity contribution is -0.135. The molecule has 0 aliphatic rings. The van der Waals surface area contributed by atoms with Crippen molar-refractivity contribution in [2.75, 3.05) is 13.7 Å². The van der Waals surface area contributed by atoms with E-state index in [2.05, 4.69) is 4.74 Å². The monoisotopic (exact) mass is 327 g/mol. The van der Waals surface area contributed by atoms with Crippen molar-refractivity contribution in [3.05, 3.63) is 34.6 Å². The number of nitrogens with one attached hydrogen (secondary N) is 1. The Hall–Kier alpha value is -2.21. The van der Waals surface area contributed by atoms with Crippen LogP contribution in [0.2, 0.25) is 5.02 Å². The van der Waals surface area contributed by atoms with Crippen molar-refractivity contribution in [2.24, 2.45) is 0 Å². The first-order chi connectivity index (χ1) is 10.4. The van der Waals surface area contributed by atoms with Gasteiger partial charge in [0.15, 0.2) is 17.3 Å². The molecule has 7 heteroatoms. The molecule has 118 valence electrons. The number of halogens is 2. The molecular formula is C15H15ClFNO4. The average molecular weight is 328 g/mol. The van der Waals surface area contributed by atoms with Gasteiger partial charge in [-0.15, -0.1) is 0 Å². The highest BCUT2D eigenvalue weighted by Crippen LogP contribution is 2.30. The SMILES string of the molecule is CCOC(=O)C(=N)CC(=O)C=Cc1ccc(Cl)c(OC)c1F. The molecule has 5 nitrogen and oxygen atoms in total. The second-order valence-corrected chi connectivity index (χ2v) is 4.57. The van der Waals surface area contributed by atoms with Gasteiger partial charge in [0.25, 0.3) is 0 Å². The molecule has 0 heterocycles. The van der Waals surface area contributed by atoms with Gasteiger partial charge in [-0.3, -0.25) is 10.2 Å². The summed E-state index contributed by atoms with van der Waals surface area (Å²) in [5, 5.41) is 7.52. The predicted molar refractivity (Wildman–Crippen MR) is 81.0 cm³/mol. The van der Waals surface area contributed by atoms with Gasteiger partial charge in [0, 0.05) is 5.56 Å². The van der Waals surface area contributed by atoms with E-state index in [1.165, 1.54) is 25.3 Å². The Balaban J connectivity index is 2.79. The smallest absolute Gasteiger partial charge is 0.352 e. The van der Waals surface area contributed by atoms with E-state index >= 15 is 0 Å². The maximum Gasteiger partial charge on any atom is 0.352 e. The third-order valence-corrected chi connectivity index (χ3v) is 2.90. The molecule has 1 rings (SSSR count). The van der Waals surface area contributed by atoms with E-state index in [0.29, 0.717) is 0 Å². The van der Waals surface area contributed by atoms with Crippen molar-refractivity contribution < 1.29 is 23.5 Å². The molecule has 0 aliphatic carbocycles. The van der Waals surface area contributed by atoms with E-state index in [4.69, 9.17) is 21.7 Å². The first-order valence-electron chi connectivity index (χ1n) is 6.38. The Bertz CT molecular complexity index is 628. The third kappa shape index (κ3) is 4.66. The van der Waals surface area contributed by atoms with Crippen LogP contribution in [0.5, 0.6) is 5.75 Å². The van der Waals surface area contributed by atoms with Gasteiger partial charge in [-0.2, -0.15) is 0 Å². The first-order valence-corrected chi connectivity index (χ1v) is 6.75. The Morgan fingerprint density at radius 2 is 2.09 bits per heavy atom. The summed E-state index contributed by atoms with van der Waals surface area (Å²) < 4.78 is 23.4. The van der Waals surface area contributed by atoms with Crippen LogP contribution in [-0.2, 0) is 14.3 Å². The summed E-state index contributed by atoms with van der Waals surface area (Å²) >= 11 is 5.76. The fourth-order valence-electron chi connectivity index (χ4n) is 1.57. The van der Waals surface area contributed by atoms with Gasteiger partial charge in [0.1, 0.15) is 5.71 Å². The average Bonchev–Trinajstić information content (AvgIpc) is 2.47. The summed E-state index contributed by atoms with van der Waals surface area (Å²) in [6.07, 6.45) is 1.90. The number of hydrogen-bond donors (Lipinski definition) is 1. The van der Waals surface area contributed by atoms with Crippen LogP contribution in [0.4, 0.5) is 4.39 Å². The molecule has 0 aromatic heterocycles. The summed E-state index contributed by atoms with van der Waals surface area (Å²) in [7, 11) is 1.28. The van der Waals surface area contributed by atoms with Crippen molar-refractivity contribution in [3.63, 3.8) is 0 Å². The van der Waals surface area contributed by atoms with Gasteiger partial charge < -0.3 is 9.47 Å². The maximum atomic E-state index is 14.0. The highest BCUT2D eigenvalue weighted by atomic mass is 35.5. The molecule has 0 unspecified atom stereocenters. The number of esters is 1. The molecule has 0 radical (unpaired) electrons. The molecular weight excluding hydrogens is 313 g/mol. The zero-order valence-electron chi connectivity index (χ0n) is 12.1. The van der Waals surface area contributed by atoms with Crippen molar-refractivity contribution in [1.29, 1.82) is 5.41 Å². The van der Waals surface area contributed by atoms with E-state index in [-0.39, 0.29) is 22.9 Å². The van der Waals surface area contributed by atoms with Gasteiger partial charge in [-0.05, 0) is 25.1 Å². The van der Waals surface area contributed by atoms with Crippen LogP contribution in [0, 0.1) is 11.2 Å². The largest absolute Gasteiger partial charge is 0.492 e. The number of ketones is 1. The topological polar surface area (TPSA) is 76.5 Å². The van der Waals surface area contributed by atoms with E-state index in [1.807, 2.05) is 0 Å². The van der Waals surface area contributed by atoms with Crippen LogP contribution in [0.3, 0.4) is 0 Å².